The average Bonchev–Trinajstić information content (AvgIpc) is 2.44. The molecular weight excluding hydrogens is 254 g/mol. The first-order chi connectivity index (χ1) is 10.0. The molecule has 0 heterocycles. The van der Waals surface area contributed by atoms with Gasteiger partial charge >= 0.3 is 0 Å². The second-order valence-electron chi connectivity index (χ2n) is 6.11. The Morgan fingerprint density at radius 2 is 1.52 bits per heavy atom. The van der Waals surface area contributed by atoms with Crippen LogP contribution in [0.25, 0.3) is 11.1 Å². The molecule has 2 rings (SSSR count). The fraction of sp³-hybridized carbons (Fsp3) is 0.400. The first kappa shape index (κ1) is 15.8. The second kappa shape index (κ2) is 6.91. The monoisotopic (exact) mass is 281 g/mol. The summed E-state index contributed by atoms with van der Waals surface area (Å²) in [6.45, 7) is 12.0. The number of hydrogen-bond acceptors (Lipinski definition) is 1. The Balaban J connectivity index is 2.21. The predicted octanol–water partition coefficient (Wildman–Crippen LogP) is 4.82. The number of hydrogen-bond donors (Lipinski definition) is 1. The molecule has 0 aliphatic heterocycles. The van der Waals surface area contributed by atoms with Gasteiger partial charge in [0, 0.05) is 6.04 Å². The Morgan fingerprint density at radius 1 is 0.905 bits per heavy atom. The van der Waals surface area contributed by atoms with Gasteiger partial charge in [0.05, 0.1) is 0 Å². The lowest BCUT2D eigenvalue weighted by Gasteiger charge is -2.14. The minimum Gasteiger partial charge on any atom is -0.314 e. The third-order valence-electron chi connectivity index (χ3n) is 4.20. The molecule has 0 aliphatic rings. The Morgan fingerprint density at radius 3 is 2.14 bits per heavy atom. The van der Waals surface area contributed by atoms with E-state index < -0.39 is 0 Å². The summed E-state index contributed by atoms with van der Waals surface area (Å²) in [7, 11) is 0. The standard InChI is InChI=1S/C20H27N/c1-6-21-17(5)13-18-7-9-19(10-8-18)20-12-15(3)14(2)11-16(20)4/h7-12,17,21H,6,13H2,1-5H3. The van der Waals surface area contributed by atoms with Gasteiger partial charge in [-0.05, 0) is 74.0 Å². The summed E-state index contributed by atoms with van der Waals surface area (Å²) >= 11 is 0. The van der Waals surface area contributed by atoms with E-state index in [9.17, 15) is 0 Å². The maximum atomic E-state index is 3.46. The van der Waals surface area contributed by atoms with Crippen LogP contribution in [-0.4, -0.2) is 12.6 Å². The third-order valence-corrected chi connectivity index (χ3v) is 4.20. The molecule has 1 nitrogen and oxygen atoms in total. The van der Waals surface area contributed by atoms with E-state index in [2.05, 4.69) is 76.3 Å². The van der Waals surface area contributed by atoms with Crippen molar-refractivity contribution in [2.45, 2.75) is 47.1 Å². The van der Waals surface area contributed by atoms with Crippen LogP contribution in [0.15, 0.2) is 36.4 Å². The Hall–Kier alpha value is -1.60. The van der Waals surface area contributed by atoms with Gasteiger partial charge in [0.1, 0.15) is 0 Å². The van der Waals surface area contributed by atoms with Crippen LogP contribution >= 0.6 is 0 Å². The van der Waals surface area contributed by atoms with Crippen molar-refractivity contribution in [2.24, 2.45) is 0 Å². The van der Waals surface area contributed by atoms with E-state index >= 15 is 0 Å². The molecule has 0 spiro atoms. The summed E-state index contributed by atoms with van der Waals surface area (Å²) in [5.74, 6) is 0. The molecule has 1 atom stereocenters. The summed E-state index contributed by atoms with van der Waals surface area (Å²) in [4.78, 5) is 0. The summed E-state index contributed by atoms with van der Waals surface area (Å²) < 4.78 is 0. The van der Waals surface area contributed by atoms with Crippen molar-refractivity contribution in [3.8, 4) is 11.1 Å². The van der Waals surface area contributed by atoms with E-state index in [1.54, 1.807) is 0 Å². The normalized spacial score (nSPS) is 12.4. The van der Waals surface area contributed by atoms with Crippen LogP contribution in [0.3, 0.4) is 0 Å². The first-order valence-electron chi connectivity index (χ1n) is 7.91. The predicted molar refractivity (Wildman–Crippen MR) is 92.9 cm³/mol. The molecule has 0 aliphatic carbocycles. The van der Waals surface area contributed by atoms with E-state index in [0.717, 1.165) is 13.0 Å². The van der Waals surface area contributed by atoms with E-state index in [4.69, 9.17) is 0 Å². The van der Waals surface area contributed by atoms with Gasteiger partial charge in [-0.2, -0.15) is 0 Å². The summed E-state index contributed by atoms with van der Waals surface area (Å²) in [6.07, 6.45) is 1.08. The molecule has 0 bridgehead atoms. The highest BCUT2D eigenvalue weighted by atomic mass is 14.9. The third kappa shape index (κ3) is 3.95. The minimum absolute atomic E-state index is 0.532. The van der Waals surface area contributed by atoms with Crippen LogP contribution in [0.4, 0.5) is 0 Å². The van der Waals surface area contributed by atoms with Crippen molar-refractivity contribution in [3.63, 3.8) is 0 Å². The van der Waals surface area contributed by atoms with Gasteiger partial charge < -0.3 is 5.32 Å². The fourth-order valence-corrected chi connectivity index (χ4v) is 2.87. The number of aryl methyl sites for hydroxylation is 3. The minimum atomic E-state index is 0.532. The number of benzene rings is 2. The Bertz CT molecular complexity index is 596. The molecule has 0 amide bonds. The van der Waals surface area contributed by atoms with Gasteiger partial charge in [0.15, 0.2) is 0 Å². The van der Waals surface area contributed by atoms with Crippen molar-refractivity contribution < 1.29 is 0 Å². The zero-order valence-electron chi connectivity index (χ0n) is 14.0. The van der Waals surface area contributed by atoms with Gasteiger partial charge in [-0.3, -0.25) is 0 Å². The zero-order chi connectivity index (χ0) is 15.4. The van der Waals surface area contributed by atoms with Crippen molar-refractivity contribution in [3.05, 3.63) is 58.7 Å². The molecular formula is C20H27N. The zero-order valence-corrected chi connectivity index (χ0v) is 14.0. The first-order valence-corrected chi connectivity index (χ1v) is 7.91. The lowest BCUT2D eigenvalue weighted by molar-refractivity contribution is 0.565. The summed E-state index contributed by atoms with van der Waals surface area (Å²) in [6, 6.07) is 14.2. The van der Waals surface area contributed by atoms with Crippen molar-refractivity contribution >= 4 is 0 Å². The molecule has 0 saturated carbocycles. The quantitative estimate of drug-likeness (QED) is 0.828. The molecule has 1 N–H and O–H groups in total. The van der Waals surface area contributed by atoms with Gasteiger partial charge in [0.2, 0.25) is 0 Å². The highest BCUT2D eigenvalue weighted by Gasteiger charge is 2.06. The smallest absolute Gasteiger partial charge is 0.00790 e. The van der Waals surface area contributed by atoms with E-state index in [0.29, 0.717) is 6.04 Å². The molecule has 112 valence electrons. The van der Waals surface area contributed by atoms with Crippen molar-refractivity contribution in [1.29, 1.82) is 0 Å². The average molecular weight is 281 g/mol. The highest BCUT2D eigenvalue weighted by molar-refractivity contribution is 5.69. The molecule has 0 fully saturated rings. The molecule has 0 radical (unpaired) electrons. The van der Waals surface area contributed by atoms with Crippen LogP contribution in [0, 0.1) is 20.8 Å². The number of likely N-dealkylation sites (N-methyl/N-ethyl adjacent to an activating group) is 1. The van der Waals surface area contributed by atoms with E-state index in [1.165, 1.54) is 33.4 Å². The summed E-state index contributed by atoms with van der Waals surface area (Å²) in [5.41, 5.74) is 8.15. The molecule has 2 aromatic carbocycles. The number of nitrogens with one attached hydrogen (secondary N) is 1. The molecule has 0 aromatic heterocycles. The van der Waals surface area contributed by atoms with Crippen LogP contribution < -0.4 is 5.32 Å². The van der Waals surface area contributed by atoms with Crippen LogP contribution in [0.5, 0.6) is 0 Å². The molecule has 1 unspecified atom stereocenters. The largest absolute Gasteiger partial charge is 0.314 e. The maximum absolute atomic E-state index is 3.46. The molecule has 1 heteroatoms. The highest BCUT2D eigenvalue weighted by Crippen LogP contribution is 2.26. The topological polar surface area (TPSA) is 12.0 Å². The number of rotatable bonds is 5. The van der Waals surface area contributed by atoms with Crippen LogP contribution in [0.1, 0.15) is 36.1 Å². The van der Waals surface area contributed by atoms with E-state index in [1.807, 2.05) is 0 Å². The van der Waals surface area contributed by atoms with E-state index in [-0.39, 0.29) is 0 Å². The van der Waals surface area contributed by atoms with Crippen molar-refractivity contribution in [1.82, 2.24) is 5.32 Å². The molecule has 0 saturated heterocycles. The lowest BCUT2D eigenvalue weighted by atomic mass is 9.94. The van der Waals surface area contributed by atoms with Crippen LogP contribution in [-0.2, 0) is 6.42 Å². The maximum Gasteiger partial charge on any atom is 0.00790 e. The van der Waals surface area contributed by atoms with Crippen LogP contribution in [0.2, 0.25) is 0 Å². The Labute approximate surface area is 129 Å². The second-order valence-corrected chi connectivity index (χ2v) is 6.11. The fourth-order valence-electron chi connectivity index (χ4n) is 2.87. The summed E-state index contributed by atoms with van der Waals surface area (Å²) in [5, 5.41) is 3.46. The van der Waals surface area contributed by atoms with Gasteiger partial charge in [-0.15, -0.1) is 0 Å². The molecule has 2 aromatic rings. The van der Waals surface area contributed by atoms with Gasteiger partial charge in [0.25, 0.3) is 0 Å². The lowest BCUT2D eigenvalue weighted by Crippen LogP contribution is -2.27. The molecule has 21 heavy (non-hydrogen) atoms. The van der Waals surface area contributed by atoms with Gasteiger partial charge in [-0.25, -0.2) is 0 Å². The Kier molecular flexibility index (Phi) is 5.19. The SMILES string of the molecule is CCNC(C)Cc1ccc(-c2cc(C)c(C)cc2C)cc1. The van der Waals surface area contributed by atoms with Gasteiger partial charge in [-0.1, -0.05) is 43.3 Å². The van der Waals surface area contributed by atoms with Crippen molar-refractivity contribution in [2.75, 3.05) is 6.54 Å².